The first-order chi connectivity index (χ1) is 9.67. The zero-order chi connectivity index (χ0) is 15.4. The van der Waals surface area contributed by atoms with E-state index in [0.29, 0.717) is 24.3 Å². The average Bonchev–Trinajstić information content (AvgIpc) is 2.36. The molecule has 0 bridgehead atoms. The molecule has 0 fully saturated rings. The van der Waals surface area contributed by atoms with E-state index in [-0.39, 0.29) is 10.9 Å². The van der Waals surface area contributed by atoms with Gasteiger partial charge in [-0.2, -0.15) is 18.2 Å². The van der Waals surface area contributed by atoms with Gasteiger partial charge in [-0.1, -0.05) is 13.8 Å². The minimum Gasteiger partial charge on any atom is -0.370 e. The number of anilines is 1. The molecule has 112 valence electrons. The molecule has 0 spiro atoms. The van der Waals surface area contributed by atoms with Crippen molar-refractivity contribution in [2.75, 3.05) is 11.9 Å². The van der Waals surface area contributed by atoms with Gasteiger partial charge in [0.25, 0.3) is 0 Å². The van der Waals surface area contributed by atoms with E-state index in [2.05, 4.69) is 10.3 Å². The molecule has 0 saturated carbocycles. The average molecular weight is 297 g/mol. The Hall–Kier alpha value is -2.05. The number of rotatable bonds is 0. The molecule has 1 aliphatic rings. The van der Waals surface area contributed by atoms with Gasteiger partial charge < -0.3 is 5.32 Å². The van der Waals surface area contributed by atoms with Crippen LogP contribution in [-0.2, 0) is 12.7 Å². The highest BCUT2D eigenvalue weighted by Gasteiger charge is 2.32. The smallest absolute Gasteiger partial charge is 0.370 e. The maximum Gasteiger partial charge on any atom is 0.416 e. The second-order valence-corrected chi connectivity index (χ2v) is 6.08. The van der Waals surface area contributed by atoms with Gasteiger partial charge in [-0.05, 0) is 18.2 Å². The predicted molar refractivity (Wildman–Crippen MR) is 73.3 cm³/mol. The minimum atomic E-state index is -4.45. The number of nitrogens with zero attached hydrogens (tertiary/aromatic N) is 2. The van der Waals surface area contributed by atoms with Crippen LogP contribution >= 0.6 is 0 Å². The summed E-state index contributed by atoms with van der Waals surface area (Å²) in [5.41, 5.74) is -1.38. The van der Waals surface area contributed by atoms with Gasteiger partial charge in [0, 0.05) is 23.9 Å². The number of aromatic nitrogens is 2. The number of benzene rings is 1. The number of nitrogens with one attached hydrogen (secondary N) is 1. The number of halogens is 3. The molecule has 2 aromatic rings. The first-order valence-electron chi connectivity index (χ1n) is 6.53. The third-order valence-electron chi connectivity index (χ3n) is 3.62. The van der Waals surface area contributed by atoms with E-state index in [1.165, 1.54) is 10.6 Å². The third kappa shape index (κ3) is 2.36. The molecule has 0 atom stereocenters. The van der Waals surface area contributed by atoms with Crippen LogP contribution in [0.15, 0.2) is 23.0 Å². The van der Waals surface area contributed by atoms with Gasteiger partial charge in [-0.25, -0.2) is 4.79 Å². The van der Waals surface area contributed by atoms with Gasteiger partial charge in [-0.3, -0.25) is 4.57 Å². The van der Waals surface area contributed by atoms with Crippen LogP contribution in [0.3, 0.4) is 0 Å². The van der Waals surface area contributed by atoms with Crippen LogP contribution in [0.4, 0.5) is 19.0 Å². The lowest BCUT2D eigenvalue weighted by Crippen LogP contribution is -2.40. The number of alkyl halides is 3. The molecular formula is C14H14F3N3O. The van der Waals surface area contributed by atoms with Crippen LogP contribution in [0.25, 0.3) is 10.9 Å². The van der Waals surface area contributed by atoms with Crippen molar-refractivity contribution >= 4 is 16.7 Å². The van der Waals surface area contributed by atoms with Crippen molar-refractivity contribution in [2.24, 2.45) is 5.41 Å². The first kappa shape index (κ1) is 13.9. The zero-order valence-electron chi connectivity index (χ0n) is 11.6. The van der Waals surface area contributed by atoms with Crippen molar-refractivity contribution in [1.29, 1.82) is 0 Å². The van der Waals surface area contributed by atoms with Crippen LogP contribution < -0.4 is 11.0 Å². The molecule has 0 amide bonds. The Bertz CT molecular complexity index is 777. The molecule has 3 rings (SSSR count). The largest absolute Gasteiger partial charge is 0.416 e. The fraction of sp³-hybridized carbons (Fsp3) is 0.429. The van der Waals surface area contributed by atoms with Crippen molar-refractivity contribution in [2.45, 2.75) is 26.6 Å². The van der Waals surface area contributed by atoms with E-state index in [0.717, 1.165) is 12.1 Å². The Labute approximate surface area is 118 Å². The summed E-state index contributed by atoms with van der Waals surface area (Å²) in [6.07, 6.45) is -4.45. The van der Waals surface area contributed by atoms with Gasteiger partial charge in [0.2, 0.25) is 0 Å². The van der Waals surface area contributed by atoms with E-state index in [1.54, 1.807) is 0 Å². The minimum absolute atomic E-state index is 0.0632. The molecule has 1 aromatic carbocycles. The van der Waals surface area contributed by atoms with Crippen LogP contribution in [0.2, 0.25) is 0 Å². The first-order valence-corrected chi connectivity index (χ1v) is 6.53. The third-order valence-corrected chi connectivity index (χ3v) is 3.62. The quantitative estimate of drug-likeness (QED) is 0.813. The summed E-state index contributed by atoms with van der Waals surface area (Å²) >= 11 is 0. The summed E-state index contributed by atoms with van der Waals surface area (Å²) in [5, 5.41) is 3.66. The number of hydrogen-bond acceptors (Lipinski definition) is 3. The van der Waals surface area contributed by atoms with Crippen LogP contribution in [0, 0.1) is 5.41 Å². The highest BCUT2D eigenvalue weighted by molar-refractivity contribution is 5.89. The van der Waals surface area contributed by atoms with E-state index in [9.17, 15) is 18.0 Å². The fourth-order valence-corrected chi connectivity index (χ4v) is 2.55. The van der Waals surface area contributed by atoms with E-state index >= 15 is 0 Å². The molecule has 0 unspecified atom stereocenters. The lowest BCUT2D eigenvalue weighted by Gasteiger charge is -2.33. The summed E-state index contributed by atoms with van der Waals surface area (Å²) in [4.78, 5) is 15.9. The summed E-state index contributed by atoms with van der Waals surface area (Å²) in [7, 11) is 0. The maximum absolute atomic E-state index is 12.7. The lowest BCUT2D eigenvalue weighted by atomic mass is 9.91. The lowest BCUT2D eigenvalue weighted by molar-refractivity contribution is -0.137. The van der Waals surface area contributed by atoms with Crippen molar-refractivity contribution in [3.63, 3.8) is 0 Å². The zero-order valence-corrected chi connectivity index (χ0v) is 11.6. The number of hydrogen-bond donors (Lipinski definition) is 1. The van der Waals surface area contributed by atoms with Crippen molar-refractivity contribution in [3.8, 4) is 0 Å². The van der Waals surface area contributed by atoms with Gasteiger partial charge >= 0.3 is 11.9 Å². The molecule has 7 heteroatoms. The number of fused-ring (bicyclic) bond motifs is 3. The molecule has 21 heavy (non-hydrogen) atoms. The highest BCUT2D eigenvalue weighted by Crippen LogP contribution is 2.34. The van der Waals surface area contributed by atoms with Crippen molar-refractivity contribution in [1.82, 2.24) is 9.55 Å². The monoisotopic (exact) mass is 297 g/mol. The van der Waals surface area contributed by atoms with Gasteiger partial charge in [0.1, 0.15) is 5.82 Å². The van der Waals surface area contributed by atoms with Gasteiger partial charge in [-0.15, -0.1) is 0 Å². The molecule has 0 saturated heterocycles. The summed E-state index contributed by atoms with van der Waals surface area (Å²) in [6.45, 7) is 5.14. The molecule has 0 radical (unpaired) electrons. The van der Waals surface area contributed by atoms with Crippen molar-refractivity contribution in [3.05, 3.63) is 34.2 Å². The second-order valence-electron chi connectivity index (χ2n) is 6.08. The molecule has 1 aliphatic heterocycles. The Morgan fingerprint density at radius 2 is 2.05 bits per heavy atom. The SMILES string of the molecule is CC1(C)CNc2c3ccc(C(F)(F)F)cc3nc(=O)n2C1. The Balaban J connectivity index is 2.24. The molecule has 2 heterocycles. The van der Waals surface area contributed by atoms with Crippen LogP contribution in [-0.4, -0.2) is 16.1 Å². The molecule has 1 aromatic heterocycles. The van der Waals surface area contributed by atoms with Crippen LogP contribution in [0.1, 0.15) is 19.4 Å². The summed E-state index contributed by atoms with van der Waals surface area (Å²) in [5.74, 6) is 0.540. The van der Waals surface area contributed by atoms with Crippen LogP contribution in [0.5, 0.6) is 0 Å². The van der Waals surface area contributed by atoms with Gasteiger partial charge in [0.05, 0.1) is 11.1 Å². The summed E-state index contributed by atoms with van der Waals surface area (Å²) < 4.78 is 39.7. The van der Waals surface area contributed by atoms with Crippen molar-refractivity contribution < 1.29 is 13.2 Å². The Morgan fingerprint density at radius 1 is 1.33 bits per heavy atom. The maximum atomic E-state index is 12.7. The second kappa shape index (κ2) is 4.22. The normalized spacial score (nSPS) is 17.4. The van der Waals surface area contributed by atoms with E-state index < -0.39 is 17.4 Å². The topological polar surface area (TPSA) is 46.9 Å². The molecular weight excluding hydrogens is 283 g/mol. The van der Waals surface area contributed by atoms with E-state index in [1.807, 2.05) is 13.8 Å². The summed E-state index contributed by atoms with van der Waals surface area (Å²) in [6, 6.07) is 3.29. The predicted octanol–water partition coefficient (Wildman–Crippen LogP) is 2.87. The fourth-order valence-electron chi connectivity index (χ4n) is 2.55. The van der Waals surface area contributed by atoms with E-state index in [4.69, 9.17) is 0 Å². The molecule has 0 aliphatic carbocycles. The van der Waals surface area contributed by atoms with Gasteiger partial charge in [0.15, 0.2) is 0 Å². The highest BCUT2D eigenvalue weighted by atomic mass is 19.4. The molecule has 1 N–H and O–H groups in total. The Kier molecular flexibility index (Phi) is 2.80. The molecule has 4 nitrogen and oxygen atoms in total. The Morgan fingerprint density at radius 3 is 2.71 bits per heavy atom. The standard InChI is InChI=1S/C14H14F3N3O/c1-13(2)6-18-11-9-4-3-8(14(15,16)17)5-10(9)19-12(21)20(11)7-13/h3-5,18H,6-7H2,1-2H3.